The second-order valence-corrected chi connectivity index (χ2v) is 7.85. The first-order valence-corrected chi connectivity index (χ1v) is 9.25. The number of ether oxygens (including phenoxy) is 1. The van der Waals surface area contributed by atoms with Gasteiger partial charge in [-0.15, -0.1) is 0 Å². The lowest BCUT2D eigenvalue weighted by atomic mass is 10.2. The molecule has 8 heteroatoms. The highest BCUT2D eigenvalue weighted by Gasteiger charge is 2.27. The number of carbonyl (C=O) groups excluding carboxylic acids is 3. The van der Waals surface area contributed by atoms with Crippen molar-refractivity contribution in [3.8, 4) is 0 Å². The van der Waals surface area contributed by atoms with Crippen LogP contribution in [0.15, 0.2) is 0 Å². The van der Waals surface area contributed by atoms with Crippen LogP contribution in [0, 0.1) is 0 Å². The molecule has 0 saturated carbocycles. The number of hydrogen-bond donors (Lipinski definition) is 1. The fourth-order valence-electron chi connectivity index (χ4n) is 2.55. The van der Waals surface area contributed by atoms with Gasteiger partial charge in [-0.1, -0.05) is 0 Å². The van der Waals surface area contributed by atoms with Crippen LogP contribution in [-0.4, -0.2) is 91.6 Å². The van der Waals surface area contributed by atoms with Gasteiger partial charge in [-0.25, -0.2) is 4.79 Å². The van der Waals surface area contributed by atoms with Crippen LogP contribution in [0.3, 0.4) is 0 Å². The summed E-state index contributed by atoms with van der Waals surface area (Å²) in [5, 5.41) is 2.83. The van der Waals surface area contributed by atoms with Crippen molar-refractivity contribution < 1.29 is 19.1 Å². The molecule has 8 nitrogen and oxygen atoms in total. The number of amides is 3. The van der Waals surface area contributed by atoms with Crippen LogP contribution >= 0.6 is 0 Å². The standard InChI is InChI=1S/C18H34N4O4/c1-18(2,3)26-17(25)22-13-11-21(12-14-22)16(24)8-7-15(23)19-9-6-10-20(4)5/h6-14H2,1-5H3,(H,19,23). The number of nitrogens with one attached hydrogen (secondary N) is 1. The van der Waals surface area contributed by atoms with E-state index in [2.05, 4.69) is 10.2 Å². The monoisotopic (exact) mass is 370 g/mol. The number of piperazine rings is 1. The quantitative estimate of drug-likeness (QED) is 0.674. The smallest absolute Gasteiger partial charge is 0.410 e. The maximum Gasteiger partial charge on any atom is 0.410 e. The van der Waals surface area contributed by atoms with E-state index in [1.807, 2.05) is 34.9 Å². The minimum atomic E-state index is -0.524. The Bertz CT molecular complexity index is 480. The Morgan fingerprint density at radius 2 is 1.58 bits per heavy atom. The molecule has 1 rings (SSSR count). The molecule has 1 aliphatic heterocycles. The van der Waals surface area contributed by atoms with Gasteiger partial charge in [0, 0.05) is 45.6 Å². The van der Waals surface area contributed by atoms with Gasteiger partial charge in [-0.3, -0.25) is 9.59 Å². The van der Waals surface area contributed by atoms with Crippen molar-refractivity contribution in [1.29, 1.82) is 0 Å². The molecule has 1 aliphatic rings. The SMILES string of the molecule is CN(C)CCCNC(=O)CCC(=O)N1CCN(C(=O)OC(C)(C)C)CC1. The van der Waals surface area contributed by atoms with Gasteiger partial charge >= 0.3 is 6.09 Å². The summed E-state index contributed by atoms with van der Waals surface area (Å²) in [5.41, 5.74) is -0.524. The second kappa shape index (κ2) is 10.4. The minimum absolute atomic E-state index is 0.0442. The third-order valence-electron chi connectivity index (χ3n) is 3.95. The van der Waals surface area contributed by atoms with Crippen LogP contribution in [0.25, 0.3) is 0 Å². The van der Waals surface area contributed by atoms with Gasteiger partial charge in [-0.05, 0) is 47.8 Å². The first kappa shape index (κ1) is 22.2. The zero-order valence-corrected chi connectivity index (χ0v) is 16.8. The van der Waals surface area contributed by atoms with Gasteiger partial charge in [0.05, 0.1) is 0 Å². The van der Waals surface area contributed by atoms with E-state index in [-0.39, 0.29) is 30.7 Å². The van der Waals surface area contributed by atoms with Gasteiger partial charge in [0.25, 0.3) is 0 Å². The van der Waals surface area contributed by atoms with Crippen molar-refractivity contribution in [3.05, 3.63) is 0 Å². The Morgan fingerprint density at radius 3 is 2.12 bits per heavy atom. The maximum absolute atomic E-state index is 12.2. The first-order chi connectivity index (χ1) is 12.1. The lowest BCUT2D eigenvalue weighted by molar-refractivity contribution is -0.135. The molecule has 1 fully saturated rings. The van der Waals surface area contributed by atoms with Crippen molar-refractivity contribution in [2.45, 2.75) is 45.6 Å². The van der Waals surface area contributed by atoms with Gasteiger partial charge < -0.3 is 24.8 Å². The van der Waals surface area contributed by atoms with Gasteiger partial charge in [-0.2, -0.15) is 0 Å². The number of rotatable bonds is 7. The van der Waals surface area contributed by atoms with E-state index in [9.17, 15) is 14.4 Å². The molecular formula is C18H34N4O4. The molecule has 0 aromatic heterocycles. The van der Waals surface area contributed by atoms with Crippen molar-refractivity contribution >= 4 is 17.9 Å². The van der Waals surface area contributed by atoms with Crippen molar-refractivity contribution in [2.75, 3.05) is 53.4 Å². The van der Waals surface area contributed by atoms with E-state index >= 15 is 0 Å². The molecule has 0 atom stereocenters. The third-order valence-corrected chi connectivity index (χ3v) is 3.95. The molecule has 0 unspecified atom stereocenters. The third kappa shape index (κ3) is 9.03. The van der Waals surface area contributed by atoms with E-state index in [1.54, 1.807) is 9.80 Å². The topological polar surface area (TPSA) is 82.2 Å². The number of hydrogen-bond acceptors (Lipinski definition) is 5. The molecule has 3 amide bonds. The van der Waals surface area contributed by atoms with Crippen molar-refractivity contribution in [2.24, 2.45) is 0 Å². The lowest BCUT2D eigenvalue weighted by Gasteiger charge is -2.35. The zero-order valence-electron chi connectivity index (χ0n) is 16.8. The summed E-state index contributed by atoms with van der Waals surface area (Å²) in [6.07, 6.45) is 0.944. The predicted molar refractivity (Wildman–Crippen MR) is 99.8 cm³/mol. The molecule has 0 aromatic rings. The molecule has 0 aromatic carbocycles. The lowest BCUT2D eigenvalue weighted by Crippen LogP contribution is -2.51. The molecule has 1 N–H and O–H groups in total. The van der Waals surface area contributed by atoms with E-state index in [4.69, 9.17) is 4.74 Å². The summed E-state index contributed by atoms with van der Waals surface area (Å²) >= 11 is 0. The Balaban J connectivity index is 2.23. The molecule has 1 heterocycles. The van der Waals surface area contributed by atoms with E-state index in [0.29, 0.717) is 32.7 Å². The Morgan fingerprint density at radius 1 is 1.00 bits per heavy atom. The Labute approximate surface area is 156 Å². The van der Waals surface area contributed by atoms with Gasteiger partial charge in [0.1, 0.15) is 5.60 Å². The average molecular weight is 370 g/mol. The highest BCUT2D eigenvalue weighted by Crippen LogP contribution is 2.12. The largest absolute Gasteiger partial charge is 0.444 e. The summed E-state index contributed by atoms with van der Waals surface area (Å²) in [6.45, 7) is 8.89. The highest BCUT2D eigenvalue weighted by molar-refractivity contribution is 5.84. The summed E-state index contributed by atoms with van der Waals surface area (Å²) < 4.78 is 5.34. The minimum Gasteiger partial charge on any atom is -0.444 e. The van der Waals surface area contributed by atoms with E-state index in [1.165, 1.54) is 0 Å². The molecule has 0 bridgehead atoms. The molecule has 0 spiro atoms. The second-order valence-electron chi connectivity index (χ2n) is 7.85. The molecule has 26 heavy (non-hydrogen) atoms. The highest BCUT2D eigenvalue weighted by atomic mass is 16.6. The zero-order chi connectivity index (χ0) is 19.7. The average Bonchev–Trinajstić information content (AvgIpc) is 2.55. The number of carbonyl (C=O) groups is 3. The van der Waals surface area contributed by atoms with Gasteiger partial charge in [0.2, 0.25) is 11.8 Å². The summed E-state index contributed by atoms with van der Waals surface area (Å²) in [7, 11) is 3.98. The van der Waals surface area contributed by atoms with Crippen molar-refractivity contribution in [1.82, 2.24) is 20.0 Å². The van der Waals surface area contributed by atoms with Crippen LogP contribution in [0.4, 0.5) is 4.79 Å². The molecule has 150 valence electrons. The van der Waals surface area contributed by atoms with Crippen LogP contribution in [-0.2, 0) is 14.3 Å². The van der Waals surface area contributed by atoms with Crippen molar-refractivity contribution in [3.63, 3.8) is 0 Å². The van der Waals surface area contributed by atoms with Crippen LogP contribution in [0.5, 0.6) is 0 Å². The summed E-state index contributed by atoms with van der Waals surface area (Å²) in [6, 6.07) is 0. The van der Waals surface area contributed by atoms with E-state index < -0.39 is 5.60 Å². The fourth-order valence-corrected chi connectivity index (χ4v) is 2.55. The van der Waals surface area contributed by atoms with E-state index in [0.717, 1.165) is 13.0 Å². The predicted octanol–water partition coefficient (Wildman–Crippen LogP) is 0.914. The molecular weight excluding hydrogens is 336 g/mol. The number of nitrogens with zero attached hydrogens (tertiary/aromatic N) is 3. The maximum atomic E-state index is 12.2. The first-order valence-electron chi connectivity index (χ1n) is 9.25. The van der Waals surface area contributed by atoms with Crippen LogP contribution in [0.1, 0.15) is 40.0 Å². The summed E-state index contributed by atoms with van der Waals surface area (Å²) in [5.74, 6) is -0.137. The van der Waals surface area contributed by atoms with Crippen LogP contribution < -0.4 is 5.32 Å². The molecule has 0 aliphatic carbocycles. The fraction of sp³-hybridized carbons (Fsp3) is 0.833. The van der Waals surface area contributed by atoms with Crippen LogP contribution in [0.2, 0.25) is 0 Å². The normalized spacial score (nSPS) is 15.2. The molecule has 0 radical (unpaired) electrons. The molecule has 1 saturated heterocycles. The Kier molecular flexibility index (Phi) is 8.84. The van der Waals surface area contributed by atoms with Gasteiger partial charge in [0.15, 0.2) is 0 Å². The summed E-state index contributed by atoms with van der Waals surface area (Å²) in [4.78, 5) is 41.4. The Hall–Kier alpha value is -1.83.